The summed E-state index contributed by atoms with van der Waals surface area (Å²) in [5.41, 5.74) is 2.22. The molecule has 0 atom stereocenters. The summed E-state index contributed by atoms with van der Waals surface area (Å²) in [4.78, 5) is 27.5. The molecule has 1 aromatic heterocycles. The summed E-state index contributed by atoms with van der Waals surface area (Å²) >= 11 is 3.37. The van der Waals surface area contributed by atoms with E-state index in [1.54, 1.807) is 55.5 Å². The Morgan fingerprint density at radius 3 is 2.36 bits per heavy atom. The number of allylic oxidation sites excluding steroid dienone is 1. The smallest absolute Gasteiger partial charge is 0.340 e. The van der Waals surface area contributed by atoms with E-state index in [1.165, 1.54) is 30.2 Å². The fourth-order valence-corrected chi connectivity index (χ4v) is 5.01. The Morgan fingerprint density at radius 2 is 1.72 bits per heavy atom. The first-order valence-corrected chi connectivity index (χ1v) is 13.1. The van der Waals surface area contributed by atoms with Crippen LogP contribution in [-0.2, 0) is 30.9 Å². The van der Waals surface area contributed by atoms with Gasteiger partial charge in [-0.25, -0.2) is 17.9 Å². The van der Waals surface area contributed by atoms with E-state index in [9.17, 15) is 18.0 Å². The molecule has 1 amide bonds. The second kappa shape index (κ2) is 10.3. The van der Waals surface area contributed by atoms with Crippen molar-refractivity contribution >= 4 is 49.6 Å². The third kappa shape index (κ3) is 5.20. The molecular formula is C26H23BrN2O6S. The van der Waals surface area contributed by atoms with Gasteiger partial charge in [0, 0.05) is 15.9 Å². The number of anilines is 1. The number of furan rings is 1. The van der Waals surface area contributed by atoms with Gasteiger partial charge in [-0.1, -0.05) is 33.6 Å². The molecule has 0 radical (unpaired) electrons. The lowest BCUT2D eigenvalue weighted by Gasteiger charge is -2.17. The van der Waals surface area contributed by atoms with Gasteiger partial charge in [0.15, 0.2) is 0 Å². The summed E-state index contributed by atoms with van der Waals surface area (Å²) in [7, 11) is -2.48. The van der Waals surface area contributed by atoms with Crippen LogP contribution in [0.15, 0.2) is 91.3 Å². The number of carbonyl (C=O) groups is 2. The third-order valence-electron chi connectivity index (χ3n) is 5.61. The molecule has 4 rings (SSSR count). The lowest BCUT2D eigenvalue weighted by molar-refractivity contribution is -0.136. The number of nitrogens with one attached hydrogen (secondary N) is 1. The van der Waals surface area contributed by atoms with Crippen LogP contribution >= 0.6 is 15.9 Å². The molecule has 0 saturated carbocycles. The summed E-state index contributed by atoms with van der Waals surface area (Å²) in [6.45, 7) is 3.45. The molecule has 0 bridgehead atoms. The molecule has 3 aromatic rings. The minimum Gasteiger partial charge on any atom is -0.465 e. The maximum atomic E-state index is 13.3. The van der Waals surface area contributed by atoms with Crippen molar-refractivity contribution < 1.29 is 27.2 Å². The number of benzene rings is 2. The van der Waals surface area contributed by atoms with E-state index in [2.05, 4.69) is 20.7 Å². The van der Waals surface area contributed by atoms with E-state index in [-0.39, 0.29) is 28.3 Å². The molecule has 1 aliphatic heterocycles. The maximum absolute atomic E-state index is 13.3. The van der Waals surface area contributed by atoms with Gasteiger partial charge in [-0.3, -0.25) is 9.69 Å². The Labute approximate surface area is 217 Å². The number of carbonyl (C=O) groups excluding carboxylic acids is 2. The Bertz CT molecular complexity index is 1490. The fourth-order valence-electron chi connectivity index (χ4n) is 3.76. The Morgan fingerprint density at radius 1 is 1.06 bits per heavy atom. The van der Waals surface area contributed by atoms with Gasteiger partial charge in [0.2, 0.25) is 10.0 Å². The molecule has 186 valence electrons. The summed E-state index contributed by atoms with van der Waals surface area (Å²) in [6.07, 6.45) is 1.45. The van der Waals surface area contributed by atoms with Crippen LogP contribution < -0.4 is 9.62 Å². The lowest BCUT2D eigenvalue weighted by atomic mass is 10.1. The average Bonchev–Trinajstić information content (AvgIpc) is 3.40. The number of amides is 1. The van der Waals surface area contributed by atoms with Gasteiger partial charge in [0.05, 0.1) is 29.7 Å². The van der Waals surface area contributed by atoms with Crippen LogP contribution in [0.3, 0.4) is 0 Å². The van der Waals surface area contributed by atoms with Gasteiger partial charge in [-0.2, -0.15) is 0 Å². The first kappa shape index (κ1) is 25.6. The number of esters is 1. The normalized spacial score (nSPS) is 15.2. The van der Waals surface area contributed by atoms with E-state index in [0.717, 1.165) is 10.0 Å². The number of rotatable bonds is 7. The molecule has 1 aliphatic rings. The molecule has 1 N–H and O–H groups in total. The van der Waals surface area contributed by atoms with E-state index >= 15 is 0 Å². The second-order valence-electron chi connectivity index (χ2n) is 8.07. The fraction of sp³-hybridized carbons (Fsp3) is 0.154. The molecule has 2 aromatic carbocycles. The predicted octanol–water partition coefficient (Wildman–Crippen LogP) is 4.71. The zero-order chi connectivity index (χ0) is 26.0. The van der Waals surface area contributed by atoms with Crippen LogP contribution in [0.4, 0.5) is 5.69 Å². The summed E-state index contributed by atoms with van der Waals surface area (Å²) < 4.78 is 39.1. The Hall–Kier alpha value is -3.47. The van der Waals surface area contributed by atoms with Gasteiger partial charge in [-0.15, -0.1) is 0 Å². The quantitative estimate of drug-likeness (QED) is 0.326. The molecule has 0 fully saturated rings. The van der Waals surface area contributed by atoms with Crippen LogP contribution in [0.2, 0.25) is 0 Å². The molecule has 10 heteroatoms. The second-order valence-corrected chi connectivity index (χ2v) is 10.8. The topological polar surface area (TPSA) is 106 Å². The maximum Gasteiger partial charge on any atom is 0.340 e. The molecule has 0 saturated heterocycles. The van der Waals surface area contributed by atoms with Gasteiger partial charge in [0.1, 0.15) is 11.5 Å². The van der Waals surface area contributed by atoms with Crippen LogP contribution in [0.5, 0.6) is 0 Å². The van der Waals surface area contributed by atoms with Crippen molar-refractivity contribution in [2.75, 3.05) is 12.0 Å². The van der Waals surface area contributed by atoms with Crippen molar-refractivity contribution in [2.24, 2.45) is 0 Å². The summed E-state index contributed by atoms with van der Waals surface area (Å²) in [5, 5.41) is 0. The molecule has 0 aliphatic carbocycles. The first-order valence-electron chi connectivity index (χ1n) is 10.9. The van der Waals surface area contributed by atoms with E-state index in [0.29, 0.717) is 17.1 Å². The number of halogens is 1. The van der Waals surface area contributed by atoms with Crippen LogP contribution in [0.1, 0.15) is 24.0 Å². The molecule has 36 heavy (non-hydrogen) atoms. The van der Waals surface area contributed by atoms with Gasteiger partial charge in [0.25, 0.3) is 5.91 Å². The predicted molar refractivity (Wildman–Crippen MR) is 138 cm³/mol. The van der Waals surface area contributed by atoms with E-state index in [1.807, 2.05) is 6.92 Å². The Kier molecular flexibility index (Phi) is 7.30. The van der Waals surface area contributed by atoms with Crippen LogP contribution in [0.25, 0.3) is 6.08 Å². The van der Waals surface area contributed by atoms with Crippen molar-refractivity contribution in [3.8, 4) is 0 Å². The molecule has 0 spiro atoms. The van der Waals surface area contributed by atoms with Crippen molar-refractivity contribution in [3.63, 3.8) is 0 Å². The molecular weight excluding hydrogens is 548 g/mol. The number of sulfonamides is 1. The zero-order valence-corrected chi connectivity index (χ0v) is 22.1. The molecule has 0 unspecified atom stereocenters. The van der Waals surface area contributed by atoms with Crippen LogP contribution in [-0.4, -0.2) is 27.4 Å². The highest BCUT2D eigenvalue weighted by Crippen LogP contribution is 2.36. The number of ether oxygens (including phenoxy) is 1. The third-order valence-corrected chi connectivity index (χ3v) is 7.56. The number of hydrogen-bond acceptors (Lipinski definition) is 6. The highest BCUT2D eigenvalue weighted by molar-refractivity contribution is 9.10. The molecule has 8 nitrogen and oxygen atoms in total. The van der Waals surface area contributed by atoms with Gasteiger partial charge >= 0.3 is 5.97 Å². The minimum absolute atomic E-state index is 0.0862. The summed E-state index contributed by atoms with van der Waals surface area (Å²) in [5.74, 6) is -0.430. The SMILES string of the molecule is COC(=O)C1=C(C)N(c2ccc(Br)cc2)C(=O)/C1=C/c1ccc(CNS(=O)(=O)c2ccc(C)cc2)o1. The minimum atomic E-state index is -3.73. The largest absolute Gasteiger partial charge is 0.465 e. The lowest BCUT2D eigenvalue weighted by Crippen LogP contribution is -2.24. The summed E-state index contributed by atoms with van der Waals surface area (Å²) in [6, 6.07) is 16.8. The average molecular weight is 571 g/mol. The van der Waals surface area contributed by atoms with Crippen molar-refractivity contribution in [2.45, 2.75) is 25.3 Å². The Balaban J connectivity index is 1.59. The van der Waals surface area contributed by atoms with Crippen LogP contribution in [0, 0.1) is 6.92 Å². The number of methoxy groups -OCH3 is 1. The number of nitrogens with zero attached hydrogens (tertiary/aromatic N) is 1. The first-order chi connectivity index (χ1) is 17.1. The van der Waals surface area contributed by atoms with Crippen molar-refractivity contribution in [1.29, 1.82) is 0 Å². The monoisotopic (exact) mass is 570 g/mol. The standard InChI is InChI=1S/C26H23BrN2O6S/c1-16-4-12-22(13-5-16)36(32,33)28-15-21-11-10-20(35-21)14-23-24(26(31)34-3)17(2)29(25(23)30)19-8-6-18(27)7-9-19/h4-14,28H,15H2,1-3H3/b23-14+. The number of hydrogen-bond donors (Lipinski definition) is 1. The van der Waals surface area contributed by atoms with Gasteiger partial charge < -0.3 is 9.15 Å². The molecule has 2 heterocycles. The number of aryl methyl sites for hydroxylation is 1. The van der Waals surface area contributed by atoms with E-state index < -0.39 is 21.9 Å². The highest BCUT2D eigenvalue weighted by Gasteiger charge is 2.38. The highest BCUT2D eigenvalue weighted by atomic mass is 79.9. The van der Waals surface area contributed by atoms with E-state index in [4.69, 9.17) is 9.15 Å². The zero-order valence-electron chi connectivity index (χ0n) is 19.7. The van der Waals surface area contributed by atoms with Crippen molar-refractivity contribution in [1.82, 2.24) is 4.72 Å². The van der Waals surface area contributed by atoms with Gasteiger partial charge in [-0.05, 0) is 68.5 Å². The van der Waals surface area contributed by atoms with Crippen molar-refractivity contribution in [3.05, 3.63) is 99.1 Å².